The molecule has 0 saturated carbocycles. The standard InChI is InChI=1S/C25H27FN6O2S/c1-31(2)15-18-19(32-9-11-34-12-10-32)7-8-22(28-18)30-23-13-17-21(14-27-23)35-25(29-17)24-16(26)5-4-6-20(24)33-3/h4-8,13-14H,9-12,15H2,1-3H3,(H,27,28,30). The average molecular weight is 495 g/mol. The Balaban J connectivity index is 1.43. The molecule has 4 heterocycles. The maximum atomic E-state index is 14.5. The first-order valence-electron chi connectivity index (χ1n) is 11.4. The lowest BCUT2D eigenvalue weighted by Crippen LogP contribution is -2.37. The lowest BCUT2D eigenvalue weighted by molar-refractivity contribution is 0.122. The summed E-state index contributed by atoms with van der Waals surface area (Å²) in [5.41, 5.74) is 3.20. The Bertz CT molecular complexity index is 1340. The van der Waals surface area contributed by atoms with Crippen LogP contribution in [0, 0.1) is 5.82 Å². The molecular formula is C25H27FN6O2S. The van der Waals surface area contributed by atoms with Gasteiger partial charge in [-0.15, -0.1) is 11.3 Å². The SMILES string of the molecule is COc1cccc(F)c1-c1nc2cc(Nc3ccc(N4CCOCC4)c(CN(C)C)n3)ncc2s1. The van der Waals surface area contributed by atoms with E-state index in [9.17, 15) is 4.39 Å². The van der Waals surface area contributed by atoms with Crippen LogP contribution in [-0.2, 0) is 11.3 Å². The second kappa shape index (κ2) is 10.1. The Hall–Kier alpha value is -3.34. The van der Waals surface area contributed by atoms with Crippen molar-refractivity contribution in [3.05, 3.63) is 54.1 Å². The molecule has 0 radical (unpaired) electrons. The van der Waals surface area contributed by atoms with E-state index in [1.54, 1.807) is 18.3 Å². The molecule has 8 nitrogen and oxygen atoms in total. The molecule has 0 aliphatic carbocycles. The minimum atomic E-state index is -0.368. The van der Waals surface area contributed by atoms with Crippen LogP contribution in [0.1, 0.15) is 5.69 Å². The van der Waals surface area contributed by atoms with Gasteiger partial charge in [-0.1, -0.05) is 6.07 Å². The molecule has 10 heteroatoms. The quantitative estimate of drug-likeness (QED) is 0.401. The molecule has 0 unspecified atom stereocenters. The van der Waals surface area contributed by atoms with Gasteiger partial charge in [0.2, 0.25) is 0 Å². The number of methoxy groups -OCH3 is 1. The summed E-state index contributed by atoms with van der Waals surface area (Å²) >= 11 is 1.38. The number of hydrogen-bond acceptors (Lipinski definition) is 9. The van der Waals surface area contributed by atoms with E-state index in [0.29, 0.717) is 34.5 Å². The molecular weight excluding hydrogens is 467 g/mol. The van der Waals surface area contributed by atoms with Crippen LogP contribution in [0.2, 0.25) is 0 Å². The maximum Gasteiger partial charge on any atom is 0.137 e. The fourth-order valence-corrected chi connectivity index (χ4v) is 5.06. The van der Waals surface area contributed by atoms with E-state index in [-0.39, 0.29) is 5.82 Å². The molecule has 1 fully saturated rings. The van der Waals surface area contributed by atoms with Crippen LogP contribution in [0.25, 0.3) is 20.8 Å². The molecule has 1 aromatic carbocycles. The van der Waals surface area contributed by atoms with Crippen LogP contribution in [0.15, 0.2) is 42.6 Å². The average Bonchev–Trinajstić information content (AvgIpc) is 3.27. The van der Waals surface area contributed by atoms with Crippen molar-refractivity contribution in [3.63, 3.8) is 0 Å². The molecule has 182 valence electrons. The van der Waals surface area contributed by atoms with Crippen molar-refractivity contribution in [2.75, 3.05) is 57.7 Å². The molecule has 5 rings (SSSR count). The van der Waals surface area contributed by atoms with Crippen LogP contribution in [-0.4, -0.2) is 67.4 Å². The Morgan fingerprint density at radius 2 is 1.97 bits per heavy atom. The maximum absolute atomic E-state index is 14.5. The van der Waals surface area contributed by atoms with Crippen LogP contribution in [0.4, 0.5) is 21.7 Å². The van der Waals surface area contributed by atoms with Gasteiger partial charge in [0, 0.05) is 31.9 Å². The number of pyridine rings is 2. The zero-order valence-corrected chi connectivity index (χ0v) is 20.7. The van der Waals surface area contributed by atoms with Gasteiger partial charge < -0.3 is 24.6 Å². The van der Waals surface area contributed by atoms with E-state index < -0.39 is 0 Å². The third-order valence-corrected chi connectivity index (χ3v) is 6.73. The first-order valence-corrected chi connectivity index (χ1v) is 12.2. The van der Waals surface area contributed by atoms with Crippen molar-refractivity contribution in [1.29, 1.82) is 0 Å². The highest BCUT2D eigenvalue weighted by molar-refractivity contribution is 7.21. The second-order valence-electron chi connectivity index (χ2n) is 8.50. The third-order valence-electron chi connectivity index (χ3n) is 5.71. The van der Waals surface area contributed by atoms with Gasteiger partial charge in [0.15, 0.2) is 0 Å². The first kappa shape index (κ1) is 23.4. The highest BCUT2D eigenvalue weighted by Crippen LogP contribution is 2.37. The van der Waals surface area contributed by atoms with Gasteiger partial charge in [-0.05, 0) is 38.4 Å². The zero-order valence-electron chi connectivity index (χ0n) is 19.9. The molecule has 3 aromatic heterocycles. The molecule has 1 aliphatic rings. The number of nitrogens with one attached hydrogen (secondary N) is 1. The smallest absolute Gasteiger partial charge is 0.137 e. The minimum Gasteiger partial charge on any atom is -0.496 e. The molecule has 1 N–H and O–H groups in total. The van der Waals surface area contributed by atoms with Crippen molar-refractivity contribution in [3.8, 4) is 16.3 Å². The van der Waals surface area contributed by atoms with Crippen molar-refractivity contribution >= 4 is 38.9 Å². The van der Waals surface area contributed by atoms with Crippen molar-refractivity contribution < 1.29 is 13.9 Å². The lowest BCUT2D eigenvalue weighted by Gasteiger charge is -2.31. The summed E-state index contributed by atoms with van der Waals surface area (Å²) in [6, 6.07) is 10.7. The number of nitrogens with zero attached hydrogens (tertiary/aromatic N) is 5. The van der Waals surface area contributed by atoms with Gasteiger partial charge >= 0.3 is 0 Å². The van der Waals surface area contributed by atoms with Crippen LogP contribution < -0.4 is 15.0 Å². The van der Waals surface area contributed by atoms with Gasteiger partial charge in [-0.2, -0.15) is 0 Å². The number of anilines is 3. The first-order chi connectivity index (χ1) is 17.0. The Morgan fingerprint density at radius 1 is 1.14 bits per heavy atom. The van der Waals surface area contributed by atoms with Crippen molar-refractivity contribution in [2.45, 2.75) is 6.54 Å². The topological polar surface area (TPSA) is 75.6 Å². The van der Waals surface area contributed by atoms with E-state index >= 15 is 0 Å². The summed E-state index contributed by atoms with van der Waals surface area (Å²) in [6.07, 6.45) is 1.75. The number of fused-ring (bicyclic) bond motifs is 1. The number of hydrogen-bond donors (Lipinski definition) is 1. The molecule has 0 atom stereocenters. The van der Waals surface area contributed by atoms with Crippen molar-refractivity contribution in [2.24, 2.45) is 0 Å². The second-order valence-corrected chi connectivity index (χ2v) is 9.53. The summed E-state index contributed by atoms with van der Waals surface area (Å²) in [5.74, 6) is 1.41. The number of halogens is 1. The minimum absolute atomic E-state index is 0.361. The Kier molecular flexibility index (Phi) is 6.76. The number of morpholine rings is 1. The molecule has 1 saturated heterocycles. The van der Waals surface area contributed by atoms with Crippen LogP contribution in [0.5, 0.6) is 5.75 Å². The van der Waals surface area contributed by atoms with Crippen LogP contribution in [0.3, 0.4) is 0 Å². The summed E-state index contributed by atoms with van der Waals surface area (Å²) < 4.78 is 26.3. The van der Waals surface area contributed by atoms with E-state index in [1.165, 1.54) is 24.5 Å². The lowest BCUT2D eigenvalue weighted by atomic mass is 10.2. The largest absolute Gasteiger partial charge is 0.496 e. The predicted molar refractivity (Wildman–Crippen MR) is 137 cm³/mol. The third kappa shape index (κ3) is 5.04. The van der Waals surface area contributed by atoms with Gasteiger partial charge in [-0.25, -0.2) is 19.3 Å². The summed E-state index contributed by atoms with van der Waals surface area (Å²) in [4.78, 5) is 18.5. The monoisotopic (exact) mass is 494 g/mol. The summed E-state index contributed by atoms with van der Waals surface area (Å²) in [5, 5.41) is 3.86. The number of ether oxygens (including phenoxy) is 2. The van der Waals surface area contributed by atoms with E-state index in [0.717, 1.165) is 47.9 Å². The predicted octanol–water partition coefficient (Wildman–Crippen LogP) is 4.54. The van der Waals surface area contributed by atoms with Crippen LogP contribution >= 0.6 is 11.3 Å². The van der Waals surface area contributed by atoms with Gasteiger partial charge in [-0.3, -0.25) is 0 Å². The molecule has 0 bridgehead atoms. The van der Waals surface area contributed by atoms with E-state index in [2.05, 4.69) is 31.2 Å². The number of thiazole rings is 1. The highest BCUT2D eigenvalue weighted by atomic mass is 32.1. The number of aromatic nitrogens is 3. The van der Waals surface area contributed by atoms with Gasteiger partial charge in [0.25, 0.3) is 0 Å². The summed E-state index contributed by atoms with van der Waals surface area (Å²) in [6.45, 7) is 3.87. The van der Waals surface area contributed by atoms with E-state index in [1.807, 2.05) is 26.2 Å². The summed E-state index contributed by atoms with van der Waals surface area (Å²) in [7, 11) is 5.59. The molecule has 0 amide bonds. The zero-order chi connectivity index (χ0) is 24.4. The van der Waals surface area contributed by atoms with Gasteiger partial charge in [0.1, 0.15) is 28.2 Å². The fourth-order valence-electron chi connectivity index (χ4n) is 4.09. The normalized spacial score (nSPS) is 14.0. The Labute approximate surface area is 207 Å². The molecule has 0 spiro atoms. The van der Waals surface area contributed by atoms with E-state index in [4.69, 9.17) is 14.5 Å². The highest BCUT2D eigenvalue weighted by Gasteiger charge is 2.18. The molecule has 35 heavy (non-hydrogen) atoms. The number of rotatable bonds is 7. The number of benzene rings is 1. The molecule has 1 aliphatic heterocycles. The van der Waals surface area contributed by atoms with Crippen molar-refractivity contribution in [1.82, 2.24) is 19.9 Å². The Morgan fingerprint density at radius 3 is 2.74 bits per heavy atom. The fraction of sp³-hybridized carbons (Fsp3) is 0.320. The molecule has 4 aromatic rings. The van der Waals surface area contributed by atoms with Gasteiger partial charge in [0.05, 0.1) is 47.5 Å².